The van der Waals surface area contributed by atoms with Crippen LogP contribution in [0.2, 0.25) is 5.02 Å². The Morgan fingerprint density at radius 3 is 2.62 bits per heavy atom. The minimum absolute atomic E-state index is 0.0783. The van der Waals surface area contributed by atoms with Gasteiger partial charge in [0.05, 0.1) is 5.02 Å². The van der Waals surface area contributed by atoms with Crippen LogP contribution >= 0.6 is 11.6 Å². The smallest absolute Gasteiger partial charge is 0.251 e. The number of carbonyl (C=O) groups excluding carboxylic acids is 1. The van der Waals surface area contributed by atoms with Crippen molar-refractivity contribution >= 4 is 17.5 Å². The summed E-state index contributed by atoms with van der Waals surface area (Å²) in [6, 6.07) is 5.34. The number of hydrogen-bond donors (Lipinski definition) is 2. The van der Waals surface area contributed by atoms with Crippen LogP contribution in [0.3, 0.4) is 0 Å². The van der Waals surface area contributed by atoms with E-state index in [2.05, 4.69) is 17.2 Å². The summed E-state index contributed by atoms with van der Waals surface area (Å²) >= 11 is 6.11. The number of carbonyl (C=O) groups is 1. The van der Waals surface area contributed by atoms with Gasteiger partial charge in [0, 0.05) is 17.2 Å². The molecule has 112 valence electrons. The van der Waals surface area contributed by atoms with Crippen LogP contribution in [-0.4, -0.2) is 23.7 Å². The van der Waals surface area contributed by atoms with Crippen molar-refractivity contribution in [1.29, 1.82) is 0 Å². The van der Waals surface area contributed by atoms with Gasteiger partial charge in [0.1, 0.15) is 6.61 Å². The van der Waals surface area contributed by atoms with Gasteiger partial charge >= 0.3 is 0 Å². The van der Waals surface area contributed by atoms with E-state index >= 15 is 0 Å². The fraction of sp³-hybridized carbons (Fsp3) is 0.471. The highest BCUT2D eigenvalue weighted by atomic mass is 35.5. The average Bonchev–Trinajstić information content (AvgIpc) is 2.74. The number of benzene rings is 1. The van der Waals surface area contributed by atoms with Crippen molar-refractivity contribution in [3.05, 3.63) is 34.3 Å². The monoisotopic (exact) mass is 305 g/mol. The highest BCUT2D eigenvalue weighted by Gasteiger charge is 2.16. The Morgan fingerprint density at radius 1 is 1.29 bits per heavy atom. The largest absolute Gasteiger partial charge is 0.384 e. The lowest BCUT2D eigenvalue weighted by molar-refractivity contribution is 0.0933. The Balaban J connectivity index is 2.03. The topological polar surface area (TPSA) is 49.3 Å². The molecule has 0 aliphatic heterocycles. The van der Waals surface area contributed by atoms with Gasteiger partial charge in [-0.1, -0.05) is 49.1 Å². The maximum Gasteiger partial charge on any atom is 0.251 e. The number of hydrogen-bond acceptors (Lipinski definition) is 2. The highest BCUT2D eigenvalue weighted by Crippen LogP contribution is 2.19. The van der Waals surface area contributed by atoms with Crippen LogP contribution in [0.1, 0.15) is 54.4 Å². The fourth-order valence-corrected chi connectivity index (χ4v) is 2.81. The minimum Gasteiger partial charge on any atom is -0.384 e. The van der Waals surface area contributed by atoms with Crippen molar-refractivity contribution in [3.63, 3.8) is 0 Å². The molecule has 0 atom stereocenters. The van der Waals surface area contributed by atoms with Gasteiger partial charge in [-0.3, -0.25) is 4.79 Å². The zero-order valence-electron chi connectivity index (χ0n) is 12.0. The van der Waals surface area contributed by atoms with Crippen LogP contribution in [0, 0.1) is 11.8 Å². The molecule has 2 rings (SSSR count). The van der Waals surface area contributed by atoms with Gasteiger partial charge in [0.15, 0.2) is 0 Å². The predicted octanol–water partition coefficient (Wildman–Crippen LogP) is 3.14. The summed E-state index contributed by atoms with van der Waals surface area (Å²) in [4.78, 5) is 12.3. The van der Waals surface area contributed by atoms with E-state index < -0.39 is 0 Å². The quantitative estimate of drug-likeness (QED) is 0.651. The maximum absolute atomic E-state index is 12.3. The zero-order chi connectivity index (χ0) is 15.1. The number of rotatable bonds is 2. The molecule has 0 radical (unpaired) electrons. The van der Waals surface area contributed by atoms with Crippen molar-refractivity contribution in [2.75, 3.05) is 6.61 Å². The summed E-state index contributed by atoms with van der Waals surface area (Å²) in [5.74, 6) is 5.22. The molecule has 0 spiro atoms. The first-order chi connectivity index (χ1) is 10.2. The van der Waals surface area contributed by atoms with Crippen LogP contribution in [0.25, 0.3) is 0 Å². The molecular weight excluding hydrogens is 286 g/mol. The molecule has 0 heterocycles. The summed E-state index contributed by atoms with van der Waals surface area (Å²) in [6.07, 6.45) is 6.99. The number of nitrogens with one attached hydrogen (secondary N) is 1. The summed E-state index contributed by atoms with van der Waals surface area (Å²) in [7, 11) is 0. The van der Waals surface area contributed by atoms with E-state index in [0.29, 0.717) is 16.1 Å². The van der Waals surface area contributed by atoms with E-state index in [4.69, 9.17) is 16.7 Å². The first kappa shape index (κ1) is 15.9. The number of aliphatic hydroxyl groups excluding tert-OH is 1. The highest BCUT2D eigenvalue weighted by molar-refractivity contribution is 6.32. The van der Waals surface area contributed by atoms with Crippen molar-refractivity contribution in [1.82, 2.24) is 5.32 Å². The second kappa shape index (κ2) is 8.07. The molecule has 4 heteroatoms. The maximum atomic E-state index is 12.3. The Labute approximate surface area is 130 Å². The molecule has 1 fully saturated rings. The Hall–Kier alpha value is -1.50. The molecule has 1 saturated carbocycles. The molecule has 0 unspecified atom stereocenters. The molecule has 0 saturated heterocycles. The molecule has 2 N–H and O–H groups in total. The lowest BCUT2D eigenvalue weighted by atomic mass is 10.1. The van der Waals surface area contributed by atoms with Gasteiger partial charge in [-0.15, -0.1) is 0 Å². The third kappa shape index (κ3) is 4.77. The van der Waals surface area contributed by atoms with E-state index in [-0.39, 0.29) is 18.6 Å². The summed E-state index contributed by atoms with van der Waals surface area (Å²) in [6.45, 7) is -0.208. The molecule has 0 bridgehead atoms. The minimum atomic E-state index is -0.208. The fourth-order valence-electron chi connectivity index (χ4n) is 2.58. The second-order valence-electron chi connectivity index (χ2n) is 5.32. The summed E-state index contributed by atoms with van der Waals surface area (Å²) in [5.41, 5.74) is 1.18. The normalized spacial score (nSPS) is 15.7. The molecule has 0 aromatic heterocycles. The van der Waals surface area contributed by atoms with Crippen LogP contribution < -0.4 is 5.32 Å². The van der Waals surface area contributed by atoms with Crippen molar-refractivity contribution in [3.8, 4) is 11.8 Å². The predicted molar refractivity (Wildman–Crippen MR) is 84.4 cm³/mol. The molecule has 1 amide bonds. The van der Waals surface area contributed by atoms with E-state index in [9.17, 15) is 4.79 Å². The number of aliphatic hydroxyl groups is 1. The third-order valence-electron chi connectivity index (χ3n) is 3.72. The molecule has 1 aromatic carbocycles. The van der Waals surface area contributed by atoms with Crippen molar-refractivity contribution < 1.29 is 9.90 Å². The van der Waals surface area contributed by atoms with Crippen molar-refractivity contribution in [2.45, 2.75) is 44.6 Å². The second-order valence-corrected chi connectivity index (χ2v) is 5.72. The molecule has 1 aromatic rings. The van der Waals surface area contributed by atoms with Gasteiger partial charge in [-0.25, -0.2) is 0 Å². The number of amides is 1. The van der Waals surface area contributed by atoms with Crippen molar-refractivity contribution in [2.24, 2.45) is 0 Å². The van der Waals surface area contributed by atoms with Gasteiger partial charge in [0.2, 0.25) is 0 Å². The lowest BCUT2D eigenvalue weighted by Crippen LogP contribution is -2.34. The number of halogens is 1. The first-order valence-corrected chi connectivity index (χ1v) is 7.78. The van der Waals surface area contributed by atoms with E-state index in [1.807, 2.05) is 0 Å². The standard InChI is InChI=1S/C17H20ClNO2/c18-16-12-14(10-9-13(16)6-5-11-20)17(21)19-15-7-3-1-2-4-8-15/h9-10,12,15,20H,1-4,7-8,11H2,(H,19,21). The van der Waals surface area contributed by atoms with Gasteiger partial charge in [0.25, 0.3) is 5.91 Å². The molecule has 21 heavy (non-hydrogen) atoms. The lowest BCUT2D eigenvalue weighted by Gasteiger charge is -2.16. The molecular formula is C17H20ClNO2. The van der Waals surface area contributed by atoms with Crippen LogP contribution in [0.15, 0.2) is 18.2 Å². The van der Waals surface area contributed by atoms with Gasteiger partial charge in [-0.2, -0.15) is 0 Å². The van der Waals surface area contributed by atoms with E-state index in [1.165, 1.54) is 25.7 Å². The molecule has 1 aliphatic rings. The molecule has 1 aliphatic carbocycles. The zero-order valence-corrected chi connectivity index (χ0v) is 12.7. The SMILES string of the molecule is O=C(NC1CCCCCC1)c1ccc(C#CCO)c(Cl)c1. The van der Waals surface area contributed by atoms with Gasteiger partial charge in [-0.05, 0) is 31.0 Å². The summed E-state index contributed by atoms with van der Waals surface area (Å²) < 4.78 is 0. The van der Waals surface area contributed by atoms with E-state index in [1.54, 1.807) is 18.2 Å². The molecule has 3 nitrogen and oxygen atoms in total. The van der Waals surface area contributed by atoms with Crippen LogP contribution in [0.4, 0.5) is 0 Å². The Morgan fingerprint density at radius 2 is 2.00 bits per heavy atom. The first-order valence-electron chi connectivity index (χ1n) is 7.41. The Bertz CT molecular complexity index is 552. The van der Waals surface area contributed by atoms with Crippen LogP contribution in [0.5, 0.6) is 0 Å². The van der Waals surface area contributed by atoms with Gasteiger partial charge < -0.3 is 10.4 Å². The van der Waals surface area contributed by atoms with E-state index in [0.717, 1.165) is 12.8 Å². The Kier molecular flexibility index (Phi) is 6.10. The average molecular weight is 306 g/mol. The third-order valence-corrected chi connectivity index (χ3v) is 4.04. The van der Waals surface area contributed by atoms with Crippen LogP contribution in [-0.2, 0) is 0 Å². The summed E-state index contributed by atoms with van der Waals surface area (Å²) in [5, 5.41) is 12.2.